The van der Waals surface area contributed by atoms with E-state index in [1.807, 2.05) is 38.1 Å². The van der Waals surface area contributed by atoms with Crippen LogP contribution in [-0.2, 0) is 11.3 Å². The van der Waals surface area contributed by atoms with Crippen LogP contribution in [-0.4, -0.2) is 20.4 Å². The number of benzene rings is 1. The van der Waals surface area contributed by atoms with Crippen LogP contribution in [0.2, 0.25) is 0 Å². The monoisotopic (exact) mass is 432 g/mol. The molecule has 0 saturated carbocycles. The van der Waals surface area contributed by atoms with E-state index < -0.39 is 0 Å². The fraction of sp³-hybridized carbons (Fsp3) is 0.250. The Morgan fingerprint density at radius 1 is 1.22 bits per heavy atom. The number of carbonyl (C=O) groups is 1. The van der Waals surface area contributed by atoms with Crippen LogP contribution in [0.25, 0.3) is 22.6 Å². The molecule has 32 heavy (non-hydrogen) atoms. The van der Waals surface area contributed by atoms with Crippen molar-refractivity contribution in [1.82, 2.24) is 19.9 Å². The summed E-state index contributed by atoms with van der Waals surface area (Å²) in [7, 11) is 0. The van der Waals surface area contributed by atoms with Crippen LogP contribution in [0.3, 0.4) is 0 Å². The van der Waals surface area contributed by atoms with Crippen molar-refractivity contribution in [3.8, 4) is 23.1 Å². The zero-order chi connectivity index (χ0) is 22.7. The molecule has 1 amide bonds. The van der Waals surface area contributed by atoms with Gasteiger partial charge in [0.05, 0.1) is 11.6 Å². The molecule has 164 valence electrons. The Morgan fingerprint density at radius 2 is 2.06 bits per heavy atom. The maximum Gasteiger partial charge on any atom is 0.250 e. The summed E-state index contributed by atoms with van der Waals surface area (Å²) in [6.07, 6.45) is 4.17. The molecular formula is C24H24N4O4. The third-order valence-electron chi connectivity index (χ3n) is 4.96. The van der Waals surface area contributed by atoms with E-state index in [1.54, 1.807) is 29.1 Å². The van der Waals surface area contributed by atoms with E-state index in [1.165, 1.54) is 13.0 Å². The number of nitrogens with zero attached hydrogens (tertiary/aromatic N) is 3. The van der Waals surface area contributed by atoms with Crippen molar-refractivity contribution in [2.75, 3.05) is 0 Å². The lowest BCUT2D eigenvalue weighted by molar-refractivity contribution is -0.119. The number of carbonyl (C=O) groups excluding carboxylic acids is 1. The minimum atomic E-state index is -0.129. The highest BCUT2D eigenvalue weighted by Crippen LogP contribution is 2.27. The summed E-state index contributed by atoms with van der Waals surface area (Å²) >= 11 is 0. The average molecular weight is 432 g/mol. The normalized spacial score (nSPS) is 12.0. The second-order valence-corrected chi connectivity index (χ2v) is 7.55. The summed E-state index contributed by atoms with van der Waals surface area (Å²) < 4.78 is 13.3. The van der Waals surface area contributed by atoms with Gasteiger partial charge in [-0.2, -0.15) is 0 Å². The number of pyridine rings is 2. The van der Waals surface area contributed by atoms with Crippen molar-refractivity contribution in [2.45, 2.75) is 39.8 Å². The first-order valence-corrected chi connectivity index (χ1v) is 10.5. The highest BCUT2D eigenvalue weighted by atomic mass is 16.5. The first-order valence-electron chi connectivity index (χ1n) is 10.5. The summed E-state index contributed by atoms with van der Waals surface area (Å²) in [5.41, 5.74) is 2.93. The molecule has 0 saturated heterocycles. The SMILES string of the molecule is CCCn1cc(Oc2ccc(-c3nc4ccc(C(C)NC(C)=O)cc4o3)cn2)ccc1=O. The molecule has 4 rings (SSSR count). The van der Waals surface area contributed by atoms with Crippen LogP contribution >= 0.6 is 0 Å². The lowest BCUT2D eigenvalue weighted by Gasteiger charge is -2.12. The fourth-order valence-corrected chi connectivity index (χ4v) is 3.40. The smallest absolute Gasteiger partial charge is 0.250 e. The van der Waals surface area contributed by atoms with E-state index in [9.17, 15) is 9.59 Å². The first-order chi connectivity index (χ1) is 15.4. The molecule has 3 aromatic heterocycles. The standard InChI is InChI=1S/C24H24N4O4/c1-4-11-28-14-19(7-10-23(28)30)31-22-9-6-18(13-25-22)24-27-20-8-5-17(12-21(20)32-24)15(2)26-16(3)29/h5-10,12-15H,4,11H2,1-3H3,(H,26,29). The summed E-state index contributed by atoms with van der Waals surface area (Å²) in [4.78, 5) is 32.0. The Labute approximate surface area is 184 Å². The van der Waals surface area contributed by atoms with E-state index in [0.717, 1.165) is 17.5 Å². The fourth-order valence-electron chi connectivity index (χ4n) is 3.40. The Bertz CT molecular complexity index is 1310. The molecular weight excluding hydrogens is 408 g/mol. The third kappa shape index (κ3) is 4.69. The largest absolute Gasteiger partial charge is 0.438 e. The Kier molecular flexibility index (Phi) is 6.02. The minimum absolute atomic E-state index is 0.0620. The van der Waals surface area contributed by atoms with Crippen molar-refractivity contribution >= 4 is 17.0 Å². The van der Waals surface area contributed by atoms with Crippen molar-refractivity contribution in [1.29, 1.82) is 0 Å². The van der Waals surface area contributed by atoms with Crippen LogP contribution in [0, 0.1) is 0 Å². The molecule has 0 spiro atoms. The summed E-state index contributed by atoms with van der Waals surface area (Å²) in [5.74, 6) is 1.30. The van der Waals surface area contributed by atoms with Crippen LogP contribution in [0.1, 0.15) is 38.8 Å². The van der Waals surface area contributed by atoms with Crippen molar-refractivity contribution in [2.24, 2.45) is 0 Å². The zero-order valence-corrected chi connectivity index (χ0v) is 18.2. The van der Waals surface area contributed by atoms with Gasteiger partial charge in [-0.3, -0.25) is 9.59 Å². The lowest BCUT2D eigenvalue weighted by Crippen LogP contribution is -2.23. The number of hydrogen-bond acceptors (Lipinski definition) is 6. The summed E-state index contributed by atoms with van der Waals surface area (Å²) in [5, 5.41) is 2.86. The minimum Gasteiger partial charge on any atom is -0.438 e. The highest BCUT2D eigenvalue weighted by Gasteiger charge is 2.13. The Morgan fingerprint density at radius 3 is 2.78 bits per heavy atom. The average Bonchev–Trinajstić information content (AvgIpc) is 3.20. The molecule has 8 nitrogen and oxygen atoms in total. The van der Waals surface area contributed by atoms with Gasteiger partial charge >= 0.3 is 0 Å². The molecule has 0 aliphatic heterocycles. The summed E-state index contributed by atoms with van der Waals surface area (Å²) in [6.45, 7) is 6.04. The molecule has 1 N–H and O–H groups in total. The molecule has 1 atom stereocenters. The number of fused-ring (bicyclic) bond motifs is 1. The topological polar surface area (TPSA) is 99.2 Å². The molecule has 3 heterocycles. The molecule has 0 aliphatic carbocycles. The molecule has 4 aromatic rings. The van der Waals surface area contributed by atoms with Gasteiger partial charge in [0.25, 0.3) is 5.56 Å². The number of aryl methyl sites for hydroxylation is 1. The van der Waals surface area contributed by atoms with Gasteiger partial charge in [-0.05, 0) is 43.2 Å². The van der Waals surface area contributed by atoms with Gasteiger partial charge in [0.1, 0.15) is 11.3 Å². The zero-order valence-electron chi connectivity index (χ0n) is 18.2. The van der Waals surface area contributed by atoms with E-state index >= 15 is 0 Å². The number of nitrogens with one attached hydrogen (secondary N) is 1. The highest BCUT2D eigenvalue weighted by molar-refractivity contribution is 5.77. The maximum atomic E-state index is 11.9. The third-order valence-corrected chi connectivity index (χ3v) is 4.96. The van der Waals surface area contributed by atoms with Crippen LogP contribution in [0.5, 0.6) is 11.6 Å². The van der Waals surface area contributed by atoms with Crippen molar-refractivity contribution in [3.63, 3.8) is 0 Å². The van der Waals surface area contributed by atoms with Gasteiger partial charge in [0, 0.05) is 38.0 Å². The van der Waals surface area contributed by atoms with Gasteiger partial charge in [0.15, 0.2) is 5.58 Å². The number of ether oxygens (including phenoxy) is 1. The van der Waals surface area contributed by atoms with Gasteiger partial charge in [-0.1, -0.05) is 13.0 Å². The quantitative estimate of drug-likeness (QED) is 0.463. The predicted molar refractivity (Wildman–Crippen MR) is 121 cm³/mol. The molecule has 1 unspecified atom stereocenters. The number of hydrogen-bond donors (Lipinski definition) is 1. The predicted octanol–water partition coefficient (Wildman–Crippen LogP) is 4.45. The van der Waals surface area contributed by atoms with Gasteiger partial charge in [0.2, 0.25) is 17.7 Å². The molecule has 0 bridgehead atoms. The number of amides is 1. The number of aromatic nitrogens is 3. The second-order valence-electron chi connectivity index (χ2n) is 7.55. The van der Waals surface area contributed by atoms with Gasteiger partial charge < -0.3 is 19.0 Å². The Balaban J connectivity index is 1.53. The van der Waals surface area contributed by atoms with Gasteiger partial charge in [-0.15, -0.1) is 0 Å². The lowest BCUT2D eigenvalue weighted by atomic mass is 10.1. The van der Waals surface area contributed by atoms with Crippen LogP contribution < -0.4 is 15.6 Å². The molecule has 0 fully saturated rings. The van der Waals surface area contributed by atoms with E-state index in [2.05, 4.69) is 15.3 Å². The van der Waals surface area contributed by atoms with Gasteiger partial charge in [-0.25, -0.2) is 9.97 Å². The van der Waals surface area contributed by atoms with E-state index in [-0.39, 0.29) is 17.5 Å². The number of rotatable bonds is 7. The molecule has 8 heteroatoms. The Hall–Kier alpha value is -3.94. The van der Waals surface area contributed by atoms with Crippen molar-refractivity contribution < 1.29 is 13.9 Å². The van der Waals surface area contributed by atoms with Crippen LogP contribution in [0.4, 0.5) is 0 Å². The van der Waals surface area contributed by atoms with E-state index in [0.29, 0.717) is 35.2 Å². The number of oxazole rings is 1. The molecule has 1 aromatic carbocycles. The molecule has 0 radical (unpaired) electrons. The van der Waals surface area contributed by atoms with Crippen LogP contribution in [0.15, 0.2) is 64.1 Å². The second kappa shape index (κ2) is 9.05. The first kappa shape index (κ1) is 21.3. The van der Waals surface area contributed by atoms with Crippen molar-refractivity contribution in [3.05, 3.63) is 70.8 Å². The summed E-state index contributed by atoms with van der Waals surface area (Å²) in [6, 6.07) is 12.2. The maximum absolute atomic E-state index is 11.9. The van der Waals surface area contributed by atoms with E-state index in [4.69, 9.17) is 9.15 Å². The molecule has 0 aliphatic rings.